The minimum Gasteiger partial charge on any atom is -0.463 e. The van der Waals surface area contributed by atoms with E-state index in [4.69, 9.17) is 16.3 Å². The summed E-state index contributed by atoms with van der Waals surface area (Å²) in [5, 5.41) is 3.36. The lowest BCUT2D eigenvalue weighted by Gasteiger charge is -2.32. The number of carbonyl (C=O) groups is 2. The van der Waals surface area contributed by atoms with Gasteiger partial charge in [0.25, 0.3) is 0 Å². The summed E-state index contributed by atoms with van der Waals surface area (Å²) in [5.74, 6) is -0.558. The minimum absolute atomic E-state index is 0.0815. The maximum Gasteiger partial charge on any atom is 0.323 e. The average Bonchev–Trinajstić information content (AvgIpc) is 2.45. The maximum absolute atomic E-state index is 12.1. The summed E-state index contributed by atoms with van der Waals surface area (Å²) in [5.41, 5.74) is 1.57. The first-order chi connectivity index (χ1) is 10.0. The van der Waals surface area contributed by atoms with Crippen molar-refractivity contribution in [2.24, 2.45) is 0 Å². The van der Waals surface area contributed by atoms with Crippen molar-refractivity contribution >= 4 is 29.2 Å². The topological polar surface area (TPSA) is 58.6 Å². The Hall–Kier alpha value is -1.59. The molecule has 1 aliphatic rings. The van der Waals surface area contributed by atoms with Crippen molar-refractivity contribution in [3.63, 3.8) is 0 Å². The zero-order valence-corrected chi connectivity index (χ0v) is 12.9. The van der Waals surface area contributed by atoms with Crippen LogP contribution < -0.4 is 5.32 Å². The SMILES string of the molecule is CCN1CCOC(=O)[C@H]1CC(=O)Nc1ccc(C)c(Cl)c1. The Bertz CT molecular complexity index is 548. The predicted octanol–water partition coefficient (Wildman–Crippen LogP) is 2.22. The van der Waals surface area contributed by atoms with Crippen molar-refractivity contribution in [2.45, 2.75) is 26.3 Å². The van der Waals surface area contributed by atoms with Crippen LogP contribution in [0.5, 0.6) is 0 Å². The van der Waals surface area contributed by atoms with Crippen LogP contribution in [0.3, 0.4) is 0 Å². The van der Waals surface area contributed by atoms with Crippen molar-refractivity contribution < 1.29 is 14.3 Å². The van der Waals surface area contributed by atoms with Crippen molar-refractivity contribution in [3.8, 4) is 0 Å². The predicted molar refractivity (Wildman–Crippen MR) is 81.4 cm³/mol. The van der Waals surface area contributed by atoms with Gasteiger partial charge in [0, 0.05) is 17.3 Å². The molecule has 1 heterocycles. The van der Waals surface area contributed by atoms with E-state index in [1.807, 2.05) is 24.8 Å². The summed E-state index contributed by atoms with van der Waals surface area (Å²) in [6, 6.07) is 4.82. The Labute approximate surface area is 129 Å². The standard InChI is InChI=1S/C15H19ClN2O3/c1-3-18-6-7-21-15(20)13(18)9-14(19)17-11-5-4-10(2)12(16)8-11/h4-5,8,13H,3,6-7,9H2,1-2H3,(H,17,19)/t13-/m1/s1. The zero-order chi connectivity index (χ0) is 15.4. The molecule has 0 aromatic heterocycles. The smallest absolute Gasteiger partial charge is 0.323 e. The van der Waals surface area contributed by atoms with Gasteiger partial charge in [-0.25, -0.2) is 0 Å². The highest BCUT2D eigenvalue weighted by Crippen LogP contribution is 2.20. The molecule has 1 saturated heterocycles. The number of hydrogen-bond donors (Lipinski definition) is 1. The molecule has 0 bridgehead atoms. The average molecular weight is 311 g/mol. The van der Waals surface area contributed by atoms with Crippen LogP contribution in [0.15, 0.2) is 18.2 Å². The first-order valence-corrected chi connectivity index (χ1v) is 7.35. The van der Waals surface area contributed by atoms with Crippen molar-refractivity contribution in [3.05, 3.63) is 28.8 Å². The number of nitrogens with one attached hydrogen (secondary N) is 1. The molecular formula is C15H19ClN2O3. The van der Waals surface area contributed by atoms with E-state index in [0.29, 0.717) is 30.4 Å². The van der Waals surface area contributed by atoms with Crippen LogP contribution >= 0.6 is 11.6 Å². The fourth-order valence-corrected chi connectivity index (χ4v) is 2.49. The third-order valence-corrected chi connectivity index (χ3v) is 3.98. The Morgan fingerprint density at radius 2 is 2.29 bits per heavy atom. The molecule has 0 unspecified atom stereocenters. The number of anilines is 1. The van der Waals surface area contributed by atoms with Gasteiger partial charge in [0.1, 0.15) is 12.6 Å². The van der Waals surface area contributed by atoms with Gasteiger partial charge in [-0.15, -0.1) is 0 Å². The summed E-state index contributed by atoms with van der Waals surface area (Å²) < 4.78 is 5.03. The molecule has 1 N–H and O–H groups in total. The van der Waals surface area contributed by atoms with Gasteiger partial charge in [0.15, 0.2) is 0 Å². The van der Waals surface area contributed by atoms with Crippen molar-refractivity contribution in [1.29, 1.82) is 0 Å². The fraction of sp³-hybridized carbons (Fsp3) is 0.467. The second-order valence-corrected chi connectivity index (χ2v) is 5.44. The Kier molecular flexibility index (Phi) is 5.20. The van der Waals surface area contributed by atoms with E-state index >= 15 is 0 Å². The van der Waals surface area contributed by atoms with E-state index < -0.39 is 6.04 Å². The Morgan fingerprint density at radius 1 is 1.52 bits per heavy atom. The first kappa shape index (κ1) is 15.8. The molecule has 1 atom stereocenters. The summed E-state index contributed by atoms with van der Waals surface area (Å²) in [6.45, 7) is 5.62. The molecular weight excluding hydrogens is 292 g/mol. The van der Waals surface area contributed by atoms with Gasteiger partial charge < -0.3 is 10.1 Å². The highest BCUT2D eigenvalue weighted by atomic mass is 35.5. The molecule has 2 rings (SSSR count). The van der Waals surface area contributed by atoms with Crippen molar-refractivity contribution in [1.82, 2.24) is 4.90 Å². The Balaban J connectivity index is 1.99. The number of rotatable bonds is 4. The monoisotopic (exact) mass is 310 g/mol. The van der Waals surface area contributed by atoms with Gasteiger partial charge >= 0.3 is 5.97 Å². The third kappa shape index (κ3) is 3.95. The van der Waals surface area contributed by atoms with Crippen LogP contribution in [-0.4, -0.2) is 42.5 Å². The van der Waals surface area contributed by atoms with Gasteiger partial charge in [-0.2, -0.15) is 0 Å². The van der Waals surface area contributed by atoms with E-state index in [0.717, 1.165) is 5.56 Å². The molecule has 1 aliphatic heterocycles. The minimum atomic E-state index is -0.510. The van der Waals surface area contributed by atoms with Gasteiger partial charge in [-0.1, -0.05) is 24.6 Å². The molecule has 1 aromatic carbocycles. The number of hydrogen-bond acceptors (Lipinski definition) is 4. The zero-order valence-electron chi connectivity index (χ0n) is 12.2. The number of amides is 1. The molecule has 0 radical (unpaired) electrons. The molecule has 0 aliphatic carbocycles. The number of likely N-dealkylation sites (N-methyl/N-ethyl adjacent to an activating group) is 1. The van der Waals surface area contributed by atoms with Gasteiger partial charge in [-0.3, -0.25) is 14.5 Å². The molecule has 0 saturated carbocycles. The van der Waals surface area contributed by atoms with E-state index in [1.54, 1.807) is 12.1 Å². The largest absolute Gasteiger partial charge is 0.463 e. The van der Waals surface area contributed by atoms with E-state index in [9.17, 15) is 9.59 Å². The maximum atomic E-state index is 12.1. The highest BCUT2D eigenvalue weighted by Gasteiger charge is 2.32. The molecule has 5 nitrogen and oxygen atoms in total. The number of nitrogens with zero attached hydrogens (tertiary/aromatic N) is 1. The normalized spacial score (nSPS) is 19.2. The number of cyclic esters (lactones) is 1. The van der Waals surface area contributed by atoms with Crippen LogP contribution in [-0.2, 0) is 14.3 Å². The van der Waals surface area contributed by atoms with E-state index in [2.05, 4.69) is 5.32 Å². The lowest BCUT2D eigenvalue weighted by Crippen LogP contribution is -2.50. The fourth-order valence-electron chi connectivity index (χ4n) is 2.31. The number of ether oxygens (including phenoxy) is 1. The van der Waals surface area contributed by atoms with Crippen molar-refractivity contribution in [2.75, 3.05) is 25.0 Å². The lowest BCUT2D eigenvalue weighted by atomic mass is 10.1. The number of carbonyl (C=O) groups excluding carboxylic acids is 2. The highest BCUT2D eigenvalue weighted by molar-refractivity contribution is 6.31. The number of aryl methyl sites for hydroxylation is 1. The number of halogens is 1. The number of benzene rings is 1. The lowest BCUT2D eigenvalue weighted by molar-refractivity contribution is -0.158. The molecule has 1 amide bonds. The van der Waals surface area contributed by atoms with Gasteiger partial charge in [-0.05, 0) is 31.2 Å². The second-order valence-electron chi connectivity index (χ2n) is 5.03. The van der Waals surface area contributed by atoms with E-state index in [1.165, 1.54) is 0 Å². The van der Waals surface area contributed by atoms with Crippen LogP contribution in [0, 0.1) is 6.92 Å². The van der Waals surface area contributed by atoms with Gasteiger partial charge in [0.2, 0.25) is 5.91 Å². The van der Waals surface area contributed by atoms with Crippen LogP contribution in [0.2, 0.25) is 5.02 Å². The van der Waals surface area contributed by atoms with Crippen LogP contribution in [0.4, 0.5) is 5.69 Å². The number of morpholine rings is 1. The first-order valence-electron chi connectivity index (χ1n) is 6.98. The summed E-state index contributed by atoms with van der Waals surface area (Å²) in [7, 11) is 0. The Morgan fingerprint density at radius 3 is 2.95 bits per heavy atom. The molecule has 1 aromatic rings. The summed E-state index contributed by atoms with van der Waals surface area (Å²) in [6.07, 6.45) is 0.0815. The number of esters is 1. The molecule has 0 spiro atoms. The molecule has 1 fully saturated rings. The molecule has 6 heteroatoms. The quantitative estimate of drug-likeness (QED) is 0.866. The van der Waals surface area contributed by atoms with Gasteiger partial charge in [0.05, 0.1) is 6.42 Å². The third-order valence-electron chi connectivity index (χ3n) is 3.58. The summed E-state index contributed by atoms with van der Waals surface area (Å²) >= 11 is 6.02. The molecule has 21 heavy (non-hydrogen) atoms. The van der Waals surface area contributed by atoms with E-state index in [-0.39, 0.29) is 18.3 Å². The van der Waals surface area contributed by atoms with Crippen LogP contribution in [0.1, 0.15) is 18.9 Å². The van der Waals surface area contributed by atoms with Crippen LogP contribution in [0.25, 0.3) is 0 Å². The second kappa shape index (κ2) is 6.91. The summed E-state index contributed by atoms with van der Waals surface area (Å²) in [4.78, 5) is 25.8. The molecule has 114 valence electrons.